The van der Waals surface area contributed by atoms with Crippen molar-refractivity contribution in [3.8, 4) is 11.5 Å². The van der Waals surface area contributed by atoms with Crippen LogP contribution >= 0.6 is 0 Å². The Morgan fingerprint density at radius 3 is 1.77 bits per heavy atom. The Kier molecular flexibility index (Phi) is 6.44. The number of benzene rings is 3. The molecule has 4 N–H and O–H groups in total. The van der Waals surface area contributed by atoms with Crippen molar-refractivity contribution >= 4 is 23.0 Å². The zero-order chi connectivity index (χ0) is 21.5. The van der Waals surface area contributed by atoms with E-state index in [0.717, 1.165) is 0 Å². The van der Waals surface area contributed by atoms with E-state index in [4.69, 9.17) is 0 Å². The SMILES string of the molecule is C/C(=N\NC(=O)c1ccc(N/N=C(\C)c2ccccc2O)cc1)c1ccccc1O. The third-order valence-electron chi connectivity index (χ3n) is 4.41. The van der Waals surface area contributed by atoms with Crippen LogP contribution in [0.3, 0.4) is 0 Å². The van der Waals surface area contributed by atoms with Gasteiger partial charge in [-0.25, -0.2) is 5.43 Å². The summed E-state index contributed by atoms with van der Waals surface area (Å²) in [5.41, 5.74) is 8.82. The van der Waals surface area contributed by atoms with E-state index in [1.54, 1.807) is 80.6 Å². The molecule has 0 atom stereocenters. The molecule has 0 aliphatic rings. The number of amides is 1. The molecular weight excluding hydrogens is 380 g/mol. The van der Waals surface area contributed by atoms with E-state index in [-0.39, 0.29) is 17.4 Å². The lowest BCUT2D eigenvalue weighted by atomic mass is 10.1. The zero-order valence-corrected chi connectivity index (χ0v) is 16.6. The first-order valence-electron chi connectivity index (χ1n) is 9.27. The Morgan fingerprint density at radius 2 is 1.23 bits per heavy atom. The molecule has 0 fully saturated rings. The fourth-order valence-electron chi connectivity index (χ4n) is 2.72. The van der Waals surface area contributed by atoms with Crippen molar-refractivity contribution in [2.75, 3.05) is 5.43 Å². The first kappa shape index (κ1) is 20.6. The van der Waals surface area contributed by atoms with Gasteiger partial charge in [-0.05, 0) is 62.4 Å². The van der Waals surface area contributed by atoms with Gasteiger partial charge in [-0.3, -0.25) is 10.2 Å². The maximum Gasteiger partial charge on any atom is 0.271 e. The van der Waals surface area contributed by atoms with Crippen LogP contribution in [-0.4, -0.2) is 27.5 Å². The summed E-state index contributed by atoms with van der Waals surface area (Å²) in [6.45, 7) is 3.49. The Labute approximate surface area is 174 Å². The van der Waals surface area contributed by atoms with Gasteiger partial charge in [0.25, 0.3) is 5.91 Å². The van der Waals surface area contributed by atoms with E-state index >= 15 is 0 Å². The fraction of sp³-hybridized carbons (Fsp3) is 0.0870. The van der Waals surface area contributed by atoms with E-state index in [1.807, 2.05) is 6.07 Å². The van der Waals surface area contributed by atoms with Crippen LogP contribution in [0.4, 0.5) is 5.69 Å². The summed E-state index contributed by atoms with van der Waals surface area (Å²) in [5.74, 6) is -0.111. The summed E-state index contributed by atoms with van der Waals surface area (Å²) < 4.78 is 0. The van der Waals surface area contributed by atoms with Gasteiger partial charge >= 0.3 is 0 Å². The van der Waals surface area contributed by atoms with E-state index in [9.17, 15) is 15.0 Å². The van der Waals surface area contributed by atoms with Crippen LogP contribution in [0.5, 0.6) is 11.5 Å². The van der Waals surface area contributed by atoms with Gasteiger partial charge in [-0.2, -0.15) is 10.2 Å². The van der Waals surface area contributed by atoms with Crippen LogP contribution < -0.4 is 10.9 Å². The highest BCUT2D eigenvalue weighted by Crippen LogP contribution is 2.18. The number of carbonyl (C=O) groups is 1. The van der Waals surface area contributed by atoms with Crippen LogP contribution in [0, 0.1) is 0 Å². The molecule has 30 heavy (non-hydrogen) atoms. The van der Waals surface area contributed by atoms with E-state index < -0.39 is 0 Å². The van der Waals surface area contributed by atoms with Crippen LogP contribution in [0.25, 0.3) is 0 Å². The summed E-state index contributed by atoms with van der Waals surface area (Å²) in [6, 6.07) is 20.5. The molecule has 0 radical (unpaired) electrons. The summed E-state index contributed by atoms with van der Waals surface area (Å²) in [4.78, 5) is 12.3. The quantitative estimate of drug-likeness (QED) is 0.368. The standard InChI is InChI=1S/C23H22N4O3/c1-15(19-7-3-5-9-21(19)28)24-26-18-13-11-17(12-14-18)23(30)27-25-16(2)20-8-4-6-10-22(20)29/h3-14,26,28-29H,1-2H3,(H,27,30)/b24-15+,25-16+. The number of nitrogens with zero attached hydrogens (tertiary/aromatic N) is 2. The highest BCUT2D eigenvalue weighted by molar-refractivity contribution is 6.03. The van der Waals surface area contributed by atoms with Gasteiger partial charge in [0.1, 0.15) is 11.5 Å². The first-order chi connectivity index (χ1) is 14.5. The van der Waals surface area contributed by atoms with Crippen LogP contribution in [-0.2, 0) is 0 Å². The van der Waals surface area contributed by atoms with Crippen molar-refractivity contribution in [2.45, 2.75) is 13.8 Å². The van der Waals surface area contributed by atoms with Crippen molar-refractivity contribution in [2.24, 2.45) is 10.2 Å². The molecule has 0 heterocycles. The minimum atomic E-state index is -0.370. The highest BCUT2D eigenvalue weighted by atomic mass is 16.3. The predicted molar refractivity (Wildman–Crippen MR) is 118 cm³/mol. The Morgan fingerprint density at radius 1 is 0.733 bits per heavy atom. The molecular formula is C23H22N4O3. The van der Waals surface area contributed by atoms with E-state index in [2.05, 4.69) is 21.1 Å². The summed E-state index contributed by atoms with van der Waals surface area (Å²) in [6.07, 6.45) is 0. The molecule has 1 amide bonds. The van der Waals surface area contributed by atoms with Gasteiger partial charge in [0.05, 0.1) is 17.1 Å². The zero-order valence-electron chi connectivity index (χ0n) is 16.6. The van der Waals surface area contributed by atoms with Gasteiger partial charge in [0.15, 0.2) is 0 Å². The number of aromatic hydroxyl groups is 2. The first-order valence-corrected chi connectivity index (χ1v) is 9.27. The molecule has 7 nitrogen and oxygen atoms in total. The minimum absolute atomic E-state index is 0.100. The number of para-hydroxylation sites is 2. The monoisotopic (exact) mass is 402 g/mol. The molecule has 3 rings (SSSR count). The highest BCUT2D eigenvalue weighted by Gasteiger charge is 2.07. The molecule has 0 aliphatic heterocycles. The molecule has 0 bridgehead atoms. The number of anilines is 1. The molecule has 3 aromatic rings. The Bertz CT molecular complexity index is 1110. The summed E-state index contributed by atoms with van der Waals surface area (Å²) in [7, 11) is 0. The topological polar surface area (TPSA) is 106 Å². The number of phenols is 2. The molecule has 7 heteroatoms. The maximum absolute atomic E-state index is 12.3. The maximum atomic E-state index is 12.3. The van der Waals surface area contributed by atoms with Crippen molar-refractivity contribution in [1.29, 1.82) is 0 Å². The number of carbonyl (C=O) groups excluding carboxylic acids is 1. The third-order valence-corrected chi connectivity index (χ3v) is 4.41. The summed E-state index contributed by atoms with van der Waals surface area (Å²) in [5, 5.41) is 28.0. The average Bonchev–Trinajstić information content (AvgIpc) is 2.76. The fourth-order valence-corrected chi connectivity index (χ4v) is 2.72. The van der Waals surface area contributed by atoms with Gasteiger partial charge in [0.2, 0.25) is 0 Å². The van der Waals surface area contributed by atoms with E-state index in [0.29, 0.717) is 33.8 Å². The van der Waals surface area contributed by atoms with Crippen LogP contribution in [0.1, 0.15) is 35.3 Å². The molecule has 0 saturated heterocycles. The lowest BCUT2D eigenvalue weighted by Gasteiger charge is -2.07. The second kappa shape index (κ2) is 9.38. The van der Waals surface area contributed by atoms with Gasteiger partial charge in [-0.1, -0.05) is 24.3 Å². The van der Waals surface area contributed by atoms with Gasteiger partial charge in [0, 0.05) is 16.7 Å². The number of nitrogens with one attached hydrogen (secondary N) is 2. The molecule has 0 saturated carbocycles. The number of hydrazone groups is 2. The van der Waals surface area contributed by atoms with E-state index in [1.165, 1.54) is 0 Å². The largest absolute Gasteiger partial charge is 0.507 e. The van der Waals surface area contributed by atoms with Crippen LogP contribution in [0.2, 0.25) is 0 Å². The summed E-state index contributed by atoms with van der Waals surface area (Å²) >= 11 is 0. The van der Waals surface area contributed by atoms with Gasteiger partial charge in [-0.15, -0.1) is 0 Å². The van der Waals surface area contributed by atoms with Crippen molar-refractivity contribution in [1.82, 2.24) is 5.43 Å². The van der Waals surface area contributed by atoms with Crippen LogP contribution in [0.15, 0.2) is 83.0 Å². The number of hydrogen-bond donors (Lipinski definition) is 4. The van der Waals surface area contributed by atoms with Crippen molar-refractivity contribution < 1.29 is 15.0 Å². The second-order valence-electron chi connectivity index (χ2n) is 6.56. The smallest absolute Gasteiger partial charge is 0.271 e. The minimum Gasteiger partial charge on any atom is -0.507 e. The average molecular weight is 402 g/mol. The lowest BCUT2D eigenvalue weighted by molar-refractivity contribution is 0.0955. The molecule has 3 aromatic carbocycles. The molecule has 0 spiro atoms. The molecule has 0 unspecified atom stereocenters. The van der Waals surface area contributed by atoms with Gasteiger partial charge < -0.3 is 10.2 Å². The number of phenolic OH excluding ortho intramolecular Hbond substituents is 2. The Hall–Kier alpha value is -4.13. The lowest BCUT2D eigenvalue weighted by Crippen LogP contribution is -2.19. The van der Waals surface area contributed by atoms with Crippen molar-refractivity contribution in [3.63, 3.8) is 0 Å². The predicted octanol–water partition coefficient (Wildman–Crippen LogP) is 4.09. The third kappa shape index (κ3) is 5.02. The molecule has 0 aromatic heterocycles. The molecule has 0 aliphatic carbocycles. The Balaban J connectivity index is 1.63. The second-order valence-corrected chi connectivity index (χ2v) is 6.56. The number of hydrogen-bond acceptors (Lipinski definition) is 6. The number of rotatable bonds is 6. The van der Waals surface area contributed by atoms with Crippen molar-refractivity contribution in [3.05, 3.63) is 89.5 Å². The normalized spacial score (nSPS) is 11.8. The molecule has 152 valence electrons.